The fourth-order valence-electron chi connectivity index (χ4n) is 1.62. The van der Waals surface area contributed by atoms with Gasteiger partial charge in [-0.1, -0.05) is 0 Å². The molecule has 0 radical (unpaired) electrons. The molecule has 0 fully saturated rings. The van der Waals surface area contributed by atoms with Crippen LogP contribution < -0.4 is 10.6 Å². The molecule has 2 aromatic rings. The highest BCUT2D eigenvalue weighted by molar-refractivity contribution is 5.91. The van der Waals surface area contributed by atoms with E-state index in [-0.39, 0.29) is 11.7 Å². The van der Waals surface area contributed by atoms with Gasteiger partial charge in [0.1, 0.15) is 17.9 Å². The van der Waals surface area contributed by atoms with Crippen molar-refractivity contribution >= 4 is 11.7 Å². The van der Waals surface area contributed by atoms with Crippen LogP contribution in [0.4, 0.5) is 5.82 Å². The number of rotatable bonds is 6. The Labute approximate surface area is 116 Å². The van der Waals surface area contributed by atoms with Crippen molar-refractivity contribution in [1.29, 1.82) is 0 Å². The largest absolute Gasteiger partial charge is 0.454 e. The van der Waals surface area contributed by atoms with Gasteiger partial charge in [0, 0.05) is 20.2 Å². The van der Waals surface area contributed by atoms with Crippen LogP contribution in [0.25, 0.3) is 0 Å². The third kappa shape index (κ3) is 3.55. The topological polar surface area (TPSA) is 89.3 Å². The summed E-state index contributed by atoms with van der Waals surface area (Å²) < 4.78 is 10.4. The number of hydrogen-bond donors (Lipinski definition) is 2. The molecule has 7 nitrogen and oxygen atoms in total. The first kappa shape index (κ1) is 14.0. The van der Waals surface area contributed by atoms with Crippen LogP contribution in [0.2, 0.25) is 0 Å². The lowest BCUT2D eigenvalue weighted by molar-refractivity contribution is 0.0934. The van der Waals surface area contributed by atoms with Crippen molar-refractivity contribution in [3.05, 3.63) is 41.7 Å². The molecule has 2 N–H and O–H groups in total. The Balaban J connectivity index is 1.96. The maximum atomic E-state index is 11.4. The molecule has 0 aliphatic heterocycles. The van der Waals surface area contributed by atoms with Crippen molar-refractivity contribution in [2.24, 2.45) is 0 Å². The van der Waals surface area contributed by atoms with Gasteiger partial charge in [-0.2, -0.15) is 0 Å². The predicted octanol–water partition coefficient (Wildman–Crippen LogP) is 1.19. The Hall–Kier alpha value is -2.41. The zero-order chi connectivity index (χ0) is 14.4. The smallest absolute Gasteiger partial charge is 0.286 e. The van der Waals surface area contributed by atoms with Crippen LogP contribution in [0.5, 0.6) is 0 Å². The molecular weight excluding hydrogens is 260 g/mol. The first-order chi connectivity index (χ1) is 9.72. The standard InChI is InChI=1S/C13H16N4O3/c1-14-13(18)11-4-3-10(20-11)6-15-12-5-9(7-19-2)16-8-17-12/h3-5,8H,6-7H2,1-2H3,(H,14,18)(H,15,16,17). The number of nitrogens with one attached hydrogen (secondary N) is 2. The van der Waals surface area contributed by atoms with Gasteiger partial charge >= 0.3 is 0 Å². The molecule has 0 spiro atoms. The van der Waals surface area contributed by atoms with Crippen LogP contribution in [-0.2, 0) is 17.9 Å². The van der Waals surface area contributed by atoms with E-state index in [1.165, 1.54) is 6.33 Å². The fourth-order valence-corrected chi connectivity index (χ4v) is 1.62. The summed E-state index contributed by atoms with van der Waals surface area (Å²) in [7, 11) is 3.17. The van der Waals surface area contributed by atoms with Gasteiger partial charge in [-0.05, 0) is 12.1 Å². The molecule has 0 bridgehead atoms. The van der Waals surface area contributed by atoms with Crippen molar-refractivity contribution in [2.75, 3.05) is 19.5 Å². The van der Waals surface area contributed by atoms with Crippen LogP contribution in [0.1, 0.15) is 22.0 Å². The van der Waals surface area contributed by atoms with Crippen molar-refractivity contribution in [1.82, 2.24) is 15.3 Å². The molecule has 0 unspecified atom stereocenters. The van der Waals surface area contributed by atoms with Gasteiger partial charge in [-0.3, -0.25) is 4.79 Å². The number of methoxy groups -OCH3 is 1. The number of furan rings is 1. The van der Waals surface area contributed by atoms with Gasteiger partial charge in [0.05, 0.1) is 18.8 Å². The molecule has 0 saturated carbocycles. The number of nitrogens with zero attached hydrogens (tertiary/aromatic N) is 2. The zero-order valence-electron chi connectivity index (χ0n) is 11.3. The summed E-state index contributed by atoms with van der Waals surface area (Å²) in [5.41, 5.74) is 0.787. The highest BCUT2D eigenvalue weighted by Crippen LogP contribution is 2.11. The van der Waals surface area contributed by atoms with Gasteiger partial charge in [-0.15, -0.1) is 0 Å². The molecule has 0 atom stereocenters. The van der Waals surface area contributed by atoms with Crippen molar-refractivity contribution in [2.45, 2.75) is 13.2 Å². The first-order valence-corrected chi connectivity index (χ1v) is 6.07. The third-order valence-electron chi connectivity index (χ3n) is 2.57. The highest BCUT2D eigenvalue weighted by atomic mass is 16.5. The Morgan fingerprint density at radius 1 is 1.40 bits per heavy atom. The lowest BCUT2D eigenvalue weighted by atomic mass is 10.4. The summed E-state index contributed by atoms with van der Waals surface area (Å²) in [4.78, 5) is 19.5. The molecule has 0 aromatic carbocycles. The molecule has 20 heavy (non-hydrogen) atoms. The maximum absolute atomic E-state index is 11.4. The molecule has 1 amide bonds. The van der Waals surface area contributed by atoms with Crippen LogP contribution in [0, 0.1) is 0 Å². The van der Waals surface area contributed by atoms with E-state index in [0.29, 0.717) is 24.7 Å². The van der Waals surface area contributed by atoms with Gasteiger partial charge < -0.3 is 19.8 Å². The van der Waals surface area contributed by atoms with Crippen LogP contribution in [0.3, 0.4) is 0 Å². The molecule has 2 aromatic heterocycles. The second-order valence-corrected chi connectivity index (χ2v) is 4.03. The first-order valence-electron chi connectivity index (χ1n) is 6.07. The van der Waals surface area contributed by atoms with E-state index in [0.717, 1.165) is 5.69 Å². The van der Waals surface area contributed by atoms with Gasteiger partial charge in [0.25, 0.3) is 5.91 Å². The molecule has 2 heterocycles. The molecular formula is C13H16N4O3. The van der Waals surface area contributed by atoms with E-state index in [4.69, 9.17) is 9.15 Å². The SMILES string of the molecule is CNC(=O)c1ccc(CNc2cc(COC)ncn2)o1. The number of carbonyl (C=O) groups is 1. The number of aromatic nitrogens is 2. The number of ether oxygens (including phenoxy) is 1. The number of carbonyl (C=O) groups excluding carboxylic acids is 1. The predicted molar refractivity (Wildman–Crippen MR) is 72.2 cm³/mol. The van der Waals surface area contributed by atoms with E-state index >= 15 is 0 Å². The quantitative estimate of drug-likeness (QED) is 0.823. The monoisotopic (exact) mass is 276 g/mol. The van der Waals surface area contributed by atoms with Crippen molar-refractivity contribution < 1.29 is 13.9 Å². The van der Waals surface area contributed by atoms with E-state index in [1.807, 2.05) is 0 Å². The minimum atomic E-state index is -0.249. The molecule has 106 valence electrons. The van der Waals surface area contributed by atoms with Crippen molar-refractivity contribution in [3.63, 3.8) is 0 Å². The molecule has 0 saturated heterocycles. The molecule has 0 aliphatic rings. The lowest BCUT2D eigenvalue weighted by Gasteiger charge is -2.05. The average molecular weight is 276 g/mol. The van der Waals surface area contributed by atoms with Crippen LogP contribution in [0.15, 0.2) is 28.9 Å². The Morgan fingerprint density at radius 3 is 3.00 bits per heavy atom. The Morgan fingerprint density at radius 2 is 2.25 bits per heavy atom. The number of amides is 1. The maximum Gasteiger partial charge on any atom is 0.286 e. The van der Waals surface area contributed by atoms with E-state index in [2.05, 4.69) is 20.6 Å². The second-order valence-electron chi connectivity index (χ2n) is 4.03. The number of anilines is 1. The molecule has 2 rings (SSSR count). The van der Waals surface area contributed by atoms with E-state index in [9.17, 15) is 4.79 Å². The summed E-state index contributed by atoms with van der Waals surface area (Å²) in [6, 6.07) is 5.17. The van der Waals surface area contributed by atoms with Gasteiger partial charge in [0.2, 0.25) is 0 Å². The minimum Gasteiger partial charge on any atom is -0.454 e. The molecule has 0 aliphatic carbocycles. The molecule has 7 heteroatoms. The van der Waals surface area contributed by atoms with Gasteiger partial charge in [0.15, 0.2) is 5.76 Å². The highest BCUT2D eigenvalue weighted by Gasteiger charge is 2.09. The zero-order valence-corrected chi connectivity index (χ0v) is 11.3. The van der Waals surface area contributed by atoms with Crippen LogP contribution in [-0.4, -0.2) is 30.0 Å². The van der Waals surface area contributed by atoms with Crippen LogP contribution >= 0.6 is 0 Å². The normalized spacial score (nSPS) is 10.3. The minimum absolute atomic E-state index is 0.249. The summed E-state index contributed by atoms with van der Waals surface area (Å²) in [5.74, 6) is 1.35. The number of hydrogen-bond acceptors (Lipinski definition) is 6. The summed E-state index contributed by atoms with van der Waals surface area (Å²) in [6.07, 6.45) is 1.47. The van der Waals surface area contributed by atoms with E-state index < -0.39 is 0 Å². The fraction of sp³-hybridized carbons (Fsp3) is 0.308. The van der Waals surface area contributed by atoms with E-state index in [1.54, 1.807) is 32.4 Å². The Kier molecular flexibility index (Phi) is 4.67. The lowest BCUT2D eigenvalue weighted by Crippen LogP contribution is -2.16. The second kappa shape index (κ2) is 6.67. The average Bonchev–Trinajstić information content (AvgIpc) is 2.94. The van der Waals surface area contributed by atoms with Gasteiger partial charge in [-0.25, -0.2) is 9.97 Å². The third-order valence-corrected chi connectivity index (χ3v) is 2.57. The Bertz CT molecular complexity index is 583. The summed E-state index contributed by atoms with van der Waals surface area (Å²) >= 11 is 0. The summed E-state index contributed by atoms with van der Waals surface area (Å²) in [5, 5.41) is 5.60. The van der Waals surface area contributed by atoms with Crippen molar-refractivity contribution in [3.8, 4) is 0 Å². The summed E-state index contributed by atoms with van der Waals surface area (Å²) in [6.45, 7) is 0.860.